The summed E-state index contributed by atoms with van der Waals surface area (Å²) >= 11 is 0. The molecule has 2 heteroatoms. The van der Waals surface area contributed by atoms with Gasteiger partial charge in [-0.2, -0.15) is 0 Å². The van der Waals surface area contributed by atoms with E-state index in [0.717, 1.165) is 23.5 Å². The van der Waals surface area contributed by atoms with Crippen LogP contribution in [0.15, 0.2) is 36.4 Å². The third kappa shape index (κ3) is 2.71. The van der Waals surface area contributed by atoms with Crippen molar-refractivity contribution in [1.82, 2.24) is 0 Å². The zero-order valence-electron chi connectivity index (χ0n) is 15.0. The van der Waals surface area contributed by atoms with E-state index in [1.165, 1.54) is 16.7 Å². The Morgan fingerprint density at radius 3 is 2.17 bits per heavy atom. The van der Waals surface area contributed by atoms with Crippen LogP contribution in [0.1, 0.15) is 49.4 Å². The lowest BCUT2D eigenvalue weighted by molar-refractivity contribution is 0.0303. The van der Waals surface area contributed by atoms with Gasteiger partial charge in [0, 0.05) is 12.0 Å². The average molecular weight is 310 g/mol. The molecule has 1 aliphatic rings. The number of fused-ring (bicyclic) bond motifs is 1. The van der Waals surface area contributed by atoms with Crippen LogP contribution in [0.25, 0.3) is 0 Å². The van der Waals surface area contributed by atoms with Gasteiger partial charge in [-0.05, 0) is 55.0 Å². The molecule has 1 unspecified atom stereocenters. The number of aryl methyl sites for hydroxylation is 2. The highest BCUT2D eigenvalue weighted by Gasteiger charge is 2.44. The second kappa shape index (κ2) is 5.30. The molecular weight excluding hydrogens is 284 g/mol. The monoisotopic (exact) mass is 310 g/mol. The molecule has 0 N–H and O–H groups in total. The molecule has 0 radical (unpaired) electrons. The fraction of sp³-hybridized carbons (Fsp3) is 0.429. The van der Waals surface area contributed by atoms with Crippen molar-refractivity contribution >= 4 is 0 Å². The SMILES string of the molecule is COc1cc(C)ccc1C1(C)CC(C)(C)c2ccc(C)cc2O1. The van der Waals surface area contributed by atoms with Gasteiger partial charge in [0.1, 0.15) is 17.1 Å². The lowest BCUT2D eigenvalue weighted by Gasteiger charge is -2.45. The Hall–Kier alpha value is -1.96. The van der Waals surface area contributed by atoms with Crippen molar-refractivity contribution in [3.8, 4) is 11.5 Å². The minimum absolute atomic E-state index is 0.0476. The molecule has 3 rings (SSSR count). The van der Waals surface area contributed by atoms with Crippen molar-refractivity contribution < 1.29 is 9.47 Å². The Bertz CT molecular complexity index is 746. The van der Waals surface area contributed by atoms with Gasteiger partial charge in [0.25, 0.3) is 0 Å². The van der Waals surface area contributed by atoms with Gasteiger partial charge < -0.3 is 9.47 Å². The smallest absolute Gasteiger partial charge is 0.136 e. The molecular formula is C21H26O2. The first-order valence-electron chi connectivity index (χ1n) is 8.20. The summed E-state index contributed by atoms with van der Waals surface area (Å²) in [7, 11) is 1.73. The van der Waals surface area contributed by atoms with Gasteiger partial charge in [-0.3, -0.25) is 0 Å². The second-order valence-electron chi connectivity index (χ2n) is 7.60. The van der Waals surface area contributed by atoms with Crippen molar-refractivity contribution in [2.45, 2.75) is 52.1 Å². The Balaban J connectivity index is 2.14. The molecule has 0 bridgehead atoms. The van der Waals surface area contributed by atoms with Crippen LogP contribution >= 0.6 is 0 Å². The van der Waals surface area contributed by atoms with Crippen LogP contribution in [0.4, 0.5) is 0 Å². The van der Waals surface area contributed by atoms with E-state index in [1.807, 2.05) is 0 Å². The summed E-state index contributed by atoms with van der Waals surface area (Å²) < 4.78 is 12.2. The molecule has 0 spiro atoms. The molecule has 1 heterocycles. The molecule has 2 nitrogen and oxygen atoms in total. The maximum atomic E-state index is 6.52. The quantitative estimate of drug-likeness (QED) is 0.750. The molecule has 2 aromatic rings. The van der Waals surface area contributed by atoms with E-state index < -0.39 is 5.60 Å². The van der Waals surface area contributed by atoms with Crippen LogP contribution < -0.4 is 9.47 Å². The number of hydrogen-bond donors (Lipinski definition) is 0. The Morgan fingerprint density at radius 2 is 1.52 bits per heavy atom. The van der Waals surface area contributed by atoms with E-state index in [9.17, 15) is 0 Å². The number of hydrogen-bond acceptors (Lipinski definition) is 2. The topological polar surface area (TPSA) is 18.5 Å². The van der Waals surface area contributed by atoms with Gasteiger partial charge in [0.05, 0.1) is 7.11 Å². The van der Waals surface area contributed by atoms with Gasteiger partial charge in [-0.1, -0.05) is 38.1 Å². The molecule has 2 aromatic carbocycles. The molecule has 0 amide bonds. The zero-order valence-corrected chi connectivity index (χ0v) is 15.0. The zero-order chi connectivity index (χ0) is 16.8. The first kappa shape index (κ1) is 15.9. The molecule has 23 heavy (non-hydrogen) atoms. The van der Waals surface area contributed by atoms with Crippen LogP contribution in [-0.2, 0) is 11.0 Å². The predicted octanol–water partition coefficient (Wildman–Crippen LogP) is 5.29. The molecule has 0 aliphatic carbocycles. The van der Waals surface area contributed by atoms with Crippen molar-refractivity contribution in [3.05, 3.63) is 58.7 Å². The Morgan fingerprint density at radius 1 is 0.913 bits per heavy atom. The van der Waals surface area contributed by atoms with Crippen LogP contribution in [0, 0.1) is 13.8 Å². The molecule has 0 fully saturated rings. The largest absolute Gasteiger partial charge is 0.496 e. The van der Waals surface area contributed by atoms with E-state index >= 15 is 0 Å². The van der Waals surface area contributed by atoms with Crippen molar-refractivity contribution in [2.75, 3.05) is 7.11 Å². The molecule has 0 aromatic heterocycles. The minimum atomic E-state index is -0.399. The standard InChI is InChI=1S/C21H26O2/c1-14-8-10-17(18(11-14)22-6)21(5)13-20(3,4)16-9-7-15(2)12-19(16)23-21/h7-12H,13H2,1-6H3. The summed E-state index contributed by atoms with van der Waals surface area (Å²) in [5.41, 5.74) is 4.47. The Labute approximate surface area is 139 Å². The summed E-state index contributed by atoms with van der Waals surface area (Å²) in [6.45, 7) is 11.0. The lowest BCUT2D eigenvalue weighted by atomic mass is 9.71. The fourth-order valence-electron chi connectivity index (χ4n) is 3.88. The second-order valence-corrected chi connectivity index (χ2v) is 7.60. The number of methoxy groups -OCH3 is 1. The highest BCUT2D eigenvalue weighted by atomic mass is 16.5. The minimum Gasteiger partial charge on any atom is -0.496 e. The summed E-state index contributed by atoms with van der Waals surface area (Å²) in [5, 5.41) is 0. The predicted molar refractivity (Wildman–Crippen MR) is 94.5 cm³/mol. The van der Waals surface area contributed by atoms with Crippen molar-refractivity contribution in [2.24, 2.45) is 0 Å². The van der Waals surface area contributed by atoms with Gasteiger partial charge in [-0.25, -0.2) is 0 Å². The average Bonchev–Trinajstić information content (AvgIpc) is 2.45. The third-order valence-corrected chi connectivity index (χ3v) is 4.91. The van der Waals surface area contributed by atoms with E-state index in [0.29, 0.717) is 0 Å². The summed E-state index contributed by atoms with van der Waals surface area (Å²) in [6, 6.07) is 12.9. The maximum Gasteiger partial charge on any atom is 0.136 e. The Kier molecular flexibility index (Phi) is 3.66. The number of ether oxygens (including phenoxy) is 2. The van der Waals surface area contributed by atoms with Gasteiger partial charge in [0.15, 0.2) is 0 Å². The maximum absolute atomic E-state index is 6.52. The van der Waals surface area contributed by atoms with Gasteiger partial charge in [-0.15, -0.1) is 0 Å². The van der Waals surface area contributed by atoms with Gasteiger partial charge in [0.2, 0.25) is 0 Å². The summed E-state index contributed by atoms with van der Waals surface area (Å²) in [4.78, 5) is 0. The number of benzene rings is 2. The molecule has 122 valence electrons. The lowest BCUT2D eigenvalue weighted by Crippen LogP contribution is -2.41. The van der Waals surface area contributed by atoms with Crippen LogP contribution in [0.3, 0.4) is 0 Å². The third-order valence-electron chi connectivity index (χ3n) is 4.91. The highest BCUT2D eigenvalue weighted by molar-refractivity contribution is 5.48. The first-order chi connectivity index (χ1) is 10.7. The van der Waals surface area contributed by atoms with Crippen LogP contribution in [0.2, 0.25) is 0 Å². The van der Waals surface area contributed by atoms with Crippen molar-refractivity contribution in [3.63, 3.8) is 0 Å². The normalized spacial score (nSPS) is 22.2. The molecule has 1 atom stereocenters. The van der Waals surface area contributed by atoms with Gasteiger partial charge >= 0.3 is 0 Å². The van der Waals surface area contributed by atoms with E-state index in [1.54, 1.807) is 7.11 Å². The van der Waals surface area contributed by atoms with E-state index in [4.69, 9.17) is 9.47 Å². The molecule has 0 saturated heterocycles. The molecule has 1 aliphatic heterocycles. The molecule has 0 saturated carbocycles. The van der Waals surface area contributed by atoms with Crippen LogP contribution in [-0.4, -0.2) is 7.11 Å². The first-order valence-corrected chi connectivity index (χ1v) is 8.20. The number of rotatable bonds is 2. The van der Waals surface area contributed by atoms with Crippen molar-refractivity contribution in [1.29, 1.82) is 0 Å². The fourth-order valence-corrected chi connectivity index (χ4v) is 3.88. The summed E-state index contributed by atoms with van der Waals surface area (Å²) in [5.74, 6) is 1.89. The van der Waals surface area contributed by atoms with E-state index in [2.05, 4.69) is 71.0 Å². The van der Waals surface area contributed by atoms with E-state index in [-0.39, 0.29) is 5.41 Å². The highest BCUT2D eigenvalue weighted by Crippen LogP contribution is 2.50. The van der Waals surface area contributed by atoms with Crippen LogP contribution in [0.5, 0.6) is 11.5 Å². The summed E-state index contributed by atoms with van der Waals surface area (Å²) in [6.07, 6.45) is 0.912.